The standard InChI is InChI=1S/C16H14F3NO3/c17-16(18,19)23-14-9-5-4-6-12(14)10-20-15(21)11-22-13-7-2-1-3-8-13/h1-9H,10-11H2,(H,20,21). The van der Waals surface area contributed by atoms with Crippen molar-refractivity contribution in [1.82, 2.24) is 5.32 Å². The van der Waals surface area contributed by atoms with Gasteiger partial charge in [0.25, 0.3) is 5.91 Å². The van der Waals surface area contributed by atoms with E-state index in [-0.39, 0.29) is 24.5 Å². The van der Waals surface area contributed by atoms with E-state index >= 15 is 0 Å². The van der Waals surface area contributed by atoms with Crippen molar-refractivity contribution in [1.29, 1.82) is 0 Å². The van der Waals surface area contributed by atoms with E-state index in [0.717, 1.165) is 0 Å². The van der Waals surface area contributed by atoms with Crippen molar-refractivity contribution in [3.63, 3.8) is 0 Å². The van der Waals surface area contributed by atoms with E-state index in [0.29, 0.717) is 5.75 Å². The van der Waals surface area contributed by atoms with E-state index in [2.05, 4.69) is 10.1 Å². The van der Waals surface area contributed by atoms with Crippen LogP contribution < -0.4 is 14.8 Å². The van der Waals surface area contributed by atoms with E-state index in [1.807, 2.05) is 6.07 Å². The Kier molecular flexibility index (Phi) is 5.46. The molecule has 0 aromatic heterocycles. The maximum absolute atomic E-state index is 12.3. The molecule has 0 spiro atoms. The first kappa shape index (κ1) is 16.7. The number of hydrogen-bond donors (Lipinski definition) is 1. The van der Waals surface area contributed by atoms with Crippen LogP contribution in [0.3, 0.4) is 0 Å². The zero-order chi connectivity index (χ0) is 16.7. The highest BCUT2D eigenvalue weighted by Gasteiger charge is 2.31. The second-order valence-electron chi connectivity index (χ2n) is 4.53. The lowest BCUT2D eigenvalue weighted by Crippen LogP contribution is -2.29. The van der Waals surface area contributed by atoms with Gasteiger partial charge in [-0.15, -0.1) is 13.2 Å². The Balaban J connectivity index is 1.87. The maximum Gasteiger partial charge on any atom is 0.573 e. The summed E-state index contributed by atoms with van der Waals surface area (Å²) >= 11 is 0. The third-order valence-corrected chi connectivity index (χ3v) is 2.79. The van der Waals surface area contributed by atoms with Crippen molar-refractivity contribution >= 4 is 5.91 Å². The van der Waals surface area contributed by atoms with E-state index in [1.54, 1.807) is 30.3 Å². The number of benzene rings is 2. The van der Waals surface area contributed by atoms with Gasteiger partial charge >= 0.3 is 6.36 Å². The molecule has 2 rings (SSSR count). The number of carbonyl (C=O) groups excluding carboxylic acids is 1. The van der Waals surface area contributed by atoms with Crippen LogP contribution in [0.4, 0.5) is 13.2 Å². The Morgan fingerprint density at radius 2 is 1.65 bits per heavy atom. The Labute approximate surface area is 130 Å². The van der Waals surface area contributed by atoms with Gasteiger partial charge in [0.15, 0.2) is 6.61 Å². The quantitative estimate of drug-likeness (QED) is 0.887. The van der Waals surface area contributed by atoms with Crippen LogP contribution in [0.5, 0.6) is 11.5 Å². The van der Waals surface area contributed by atoms with Crippen molar-refractivity contribution in [2.75, 3.05) is 6.61 Å². The molecule has 0 fully saturated rings. The molecule has 0 heterocycles. The number of hydrogen-bond acceptors (Lipinski definition) is 3. The molecule has 0 bridgehead atoms. The first-order valence-electron chi connectivity index (χ1n) is 6.72. The van der Waals surface area contributed by atoms with E-state index < -0.39 is 12.3 Å². The number of carbonyl (C=O) groups is 1. The summed E-state index contributed by atoms with van der Waals surface area (Å²) in [5.41, 5.74) is 0.220. The molecule has 7 heteroatoms. The SMILES string of the molecule is O=C(COc1ccccc1)NCc1ccccc1OC(F)(F)F. The minimum Gasteiger partial charge on any atom is -0.484 e. The molecular weight excluding hydrogens is 311 g/mol. The van der Waals surface area contributed by atoms with E-state index in [1.165, 1.54) is 18.2 Å². The lowest BCUT2D eigenvalue weighted by molar-refractivity contribution is -0.274. The number of ether oxygens (including phenoxy) is 2. The summed E-state index contributed by atoms with van der Waals surface area (Å²) in [6.45, 7) is -0.324. The monoisotopic (exact) mass is 325 g/mol. The summed E-state index contributed by atoms with van der Waals surface area (Å²) in [4.78, 5) is 11.7. The summed E-state index contributed by atoms with van der Waals surface area (Å²) < 4.78 is 46.1. The van der Waals surface area contributed by atoms with Crippen LogP contribution in [0.2, 0.25) is 0 Å². The minimum absolute atomic E-state index is 0.0940. The summed E-state index contributed by atoms with van der Waals surface area (Å²) in [6, 6.07) is 14.3. The molecule has 0 aliphatic carbocycles. The van der Waals surface area contributed by atoms with Gasteiger partial charge in [0.1, 0.15) is 11.5 Å². The average Bonchev–Trinajstić information content (AvgIpc) is 2.51. The smallest absolute Gasteiger partial charge is 0.484 e. The molecule has 0 saturated heterocycles. The van der Waals surface area contributed by atoms with Crippen LogP contribution in [-0.4, -0.2) is 18.9 Å². The fraction of sp³-hybridized carbons (Fsp3) is 0.188. The third kappa shape index (κ3) is 5.90. The number of halogens is 3. The summed E-state index contributed by atoms with van der Waals surface area (Å²) in [5.74, 6) is -0.261. The topological polar surface area (TPSA) is 47.6 Å². The van der Waals surface area contributed by atoms with Gasteiger partial charge in [-0.05, 0) is 18.2 Å². The van der Waals surface area contributed by atoms with Gasteiger partial charge in [-0.1, -0.05) is 36.4 Å². The number of amides is 1. The van der Waals surface area contributed by atoms with Gasteiger partial charge in [-0.2, -0.15) is 0 Å². The van der Waals surface area contributed by atoms with Crippen molar-refractivity contribution in [3.8, 4) is 11.5 Å². The lowest BCUT2D eigenvalue weighted by Gasteiger charge is -2.13. The zero-order valence-electron chi connectivity index (χ0n) is 12.0. The molecule has 122 valence electrons. The minimum atomic E-state index is -4.78. The summed E-state index contributed by atoms with van der Waals surface area (Å²) in [5, 5.41) is 2.48. The Bertz CT molecular complexity index is 645. The predicted molar refractivity (Wildman–Crippen MR) is 76.9 cm³/mol. The fourth-order valence-electron chi connectivity index (χ4n) is 1.78. The largest absolute Gasteiger partial charge is 0.573 e. The zero-order valence-corrected chi connectivity index (χ0v) is 12.0. The highest BCUT2D eigenvalue weighted by molar-refractivity contribution is 5.77. The second-order valence-corrected chi connectivity index (χ2v) is 4.53. The van der Waals surface area contributed by atoms with Crippen molar-refractivity contribution < 1.29 is 27.4 Å². The van der Waals surface area contributed by atoms with Crippen LogP contribution in [0.1, 0.15) is 5.56 Å². The van der Waals surface area contributed by atoms with Crippen molar-refractivity contribution in [3.05, 3.63) is 60.2 Å². The molecule has 0 radical (unpaired) electrons. The average molecular weight is 325 g/mol. The molecule has 0 aliphatic rings. The molecule has 0 aliphatic heterocycles. The Hall–Kier alpha value is -2.70. The normalized spacial score (nSPS) is 10.9. The van der Waals surface area contributed by atoms with E-state index in [4.69, 9.17) is 4.74 Å². The van der Waals surface area contributed by atoms with Gasteiger partial charge in [-0.3, -0.25) is 4.79 Å². The number of para-hydroxylation sites is 2. The molecule has 1 N–H and O–H groups in total. The van der Waals surface area contributed by atoms with Crippen molar-refractivity contribution in [2.45, 2.75) is 12.9 Å². The molecule has 0 atom stereocenters. The molecule has 4 nitrogen and oxygen atoms in total. The predicted octanol–water partition coefficient (Wildman–Crippen LogP) is 3.28. The molecular formula is C16H14F3NO3. The number of nitrogens with one attached hydrogen (secondary N) is 1. The Morgan fingerprint density at radius 3 is 2.35 bits per heavy atom. The summed E-state index contributed by atoms with van der Waals surface area (Å²) in [6.07, 6.45) is -4.78. The Morgan fingerprint density at radius 1 is 1.00 bits per heavy atom. The van der Waals surface area contributed by atoms with Crippen LogP contribution in [-0.2, 0) is 11.3 Å². The highest BCUT2D eigenvalue weighted by Crippen LogP contribution is 2.26. The third-order valence-electron chi connectivity index (χ3n) is 2.79. The number of alkyl halides is 3. The molecule has 2 aromatic rings. The van der Waals surface area contributed by atoms with Gasteiger partial charge in [0.2, 0.25) is 0 Å². The maximum atomic E-state index is 12.3. The first-order valence-corrected chi connectivity index (χ1v) is 6.72. The molecule has 1 amide bonds. The highest BCUT2D eigenvalue weighted by atomic mass is 19.4. The van der Waals surface area contributed by atoms with Gasteiger partial charge < -0.3 is 14.8 Å². The molecule has 0 saturated carbocycles. The molecule has 0 unspecified atom stereocenters. The van der Waals surface area contributed by atoms with Crippen molar-refractivity contribution in [2.24, 2.45) is 0 Å². The fourth-order valence-corrected chi connectivity index (χ4v) is 1.78. The lowest BCUT2D eigenvalue weighted by atomic mass is 10.2. The van der Waals surface area contributed by atoms with Gasteiger partial charge in [0, 0.05) is 12.1 Å². The van der Waals surface area contributed by atoms with Crippen LogP contribution in [0.25, 0.3) is 0 Å². The van der Waals surface area contributed by atoms with Gasteiger partial charge in [-0.25, -0.2) is 0 Å². The van der Waals surface area contributed by atoms with Crippen LogP contribution in [0.15, 0.2) is 54.6 Å². The first-order chi connectivity index (χ1) is 10.9. The van der Waals surface area contributed by atoms with Crippen LogP contribution >= 0.6 is 0 Å². The van der Waals surface area contributed by atoms with Crippen LogP contribution in [0, 0.1) is 0 Å². The molecule has 23 heavy (non-hydrogen) atoms. The molecule has 2 aromatic carbocycles. The van der Waals surface area contributed by atoms with E-state index in [9.17, 15) is 18.0 Å². The second kappa shape index (κ2) is 7.53. The summed E-state index contributed by atoms with van der Waals surface area (Å²) in [7, 11) is 0. The van der Waals surface area contributed by atoms with Gasteiger partial charge in [0.05, 0.1) is 0 Å². The number of rotatable bonds is 6.